The predicted octanol–water partition coefficient (Wildman–Crippen LogP) is -0.816. The number of hydrogen-bond donors (Lipinski definition) is 0. The third-order valence-electron chi connectivity index (χ3n) is 0.494. The molecule has 0 rings (SSSR count). The van der Waals surface area contributed by atoms with Crippen LogP contribution in [0.15, 0.2) is 0 Å². The molecule has 0 unspecified atom stereocenters. The zero-order valence-corrected chi connectivity index (χ0v) is 4.05. The van der Waals surface area contributed by atoms with Crippen molar-refractivity contribution in [2.24, 2.45) is 0 Å². The molecule has 0 aliphatic carbocycles. The van der Waals surface area contributed by atoms with E-state index in [9.17, 15) is 9.59 Å². The first-order valence-corrected chi connectivity index (χ1v) is 1.82. The van der Waals surface area contributed by atoms with E-state index in [-0.39, 0.29) is 6.54 Å². The van der Waals surface area contributed by atoms with Gasteiger partial charge < -0.3 is 4.90 Å². The van der Waals surface area contributed by atoms with Crippen molar-refractivity contribution < 1.29 is 9.59 Å². The van der Waals surface area contributed by atoms with Gasteiger partial charge in [0, 0.05) is 7.05 Å². The van der Waals surface area contributed by atoms with Crippen LogP contribution in [0, 0.1) is 0 Å². The molecule has 0 spiro atoms. The minimum absolute atomic E-state index is 0.0590. The number of carbonyl (C=O) groups is 1. The van der Waals surface area contributed by atoms with Gasteiger partial charge in [0.15, 0.2) is 0 Å². The summed E-state index contributed by atoms with van der Waals surface area (Å²) in [5.74, 6) is 0. The summed E-state index contributed by atoms with van der Waals surface area (Å²) in [5.41, 5.74) is 0. The molecule has 0 atom stereocenters. The first kappa shape index (κ1) is 6.14. The first-order chi connectivity index (χ1) is 3.31. The fourth-order valence-electron chi connectivity index (χ4n) is 0.139. The Kier molecular flexibility index (Phi) is 2.92. The van der Waals surface area contributed by atoms with Crippen LogP contribution in [0.5, 0.6) is 0 Å². The molecule has 0 N–H and O–H groups in total. The molecule has 0 saturated carbocycles. The quantitative estimate of drug-likeness (QED) is 0.435. The van der Waals surface area contributed by atoms with Crippen LogP contribution in [-0.2, 0) is 9.59 Å². The van der Waals surface area contributed by atoms with E-state index in [1.165, 1.54) is 11.9 Å². The number of hydrogen-bond acceptors (Lipinski definition) is 2. The lowest BCUT2D eigenvalue weighted by Gasteiger charge is -2.00. The fourth-order valence-corrected chi connectivity index (χ4v) is 0.139. The van der Waals surface area contributed by atoms with Gasteiger partial charge in [-0.2, -0.15) is 0 Å². The second kappa shape index (κ2) is 3.33. The molecule has 0 aromatic heterocycles. The van der Waals surface area contributed by atoms with E-state index in [0.717, 1.165) is 0 Å². The highest BCUT2D eigenvalue weighted by molar-refractivity contribution is 5.59. The average Bonchev–Trinajstić information content (AvgIpc) is 1.68. The predicted molar refractivity (Wildman–Crippen MR) is 24.4 cm³/mol. The maximum absolute atomic E-state index is 9.64. The third-order valence-corrected chi connectivity index (χ3v) is 0.494. The standard InChI is InChI=1S/C4H6NO2/c1-5(4-7)2-3-6/h4H,2H2,1H3. The summed E-state index contributed by atoms with van der Waals surface area (Å²) >= 11 is 0. The normalized spacial score (nSPS) is 7.57. The summed E-state index contributed by atoms with van der Waals surface area (Å²) in [7, 11) is 1.51. The van der Waals surface area contributed by atoms with Crippen molar-refractivity contribution in [2.75, 3.05) is 13.6 Å². The largest absolute Gasteiger partial charge is 0.340 e. The Balaban J connectivity index is 3.15. The van der Waals surface area contributed by atoms with Crippen LogP contribution in [0.4, 0.5) is 0 Å². The van der Waals surface area contributed by atoms with E-state index >= 15 is 0 Å². The van der Waals surface area contributed by atoms with Crippen molar-refractivity contribution >= 4 is 12.7 Å². The zero-order valence-electron chi connectivity index (χ0n) is 4.05. The van der Waals surface area contributed by atoms with Gasteiger partial charge in [0.1, 0.15) is 0 Å². The molecule has 39 valence electrons. The van der Waals surface area contributed by atoms with Gasteiger partial charge in [-0.3, -0.25) is 9.59 Å². The second-order valence-corrected chi connectivity index (χ2v) is 1.16. The fraction of sp³-hybridized carbons (Fsp3) is 0.500. The van der Waals surface area contributed by atoms with Crippen molar-refractivity contribution in [3.05, 3.63) is 0 Å². The number of amides is 1. The van der Waals surface area contributed by atoms with Crippen molar-refractivity contribution in [2.45, 2.75) is 0 Å². The van der Waals surface area contributed by atoms with Crippen LogP contribution in [0.2, 0.25) is 0 Å². The second-order valence-electron chi connectivity index (χ2n) is 1.16. The van der Waals surface area contributed by atoms with Crippen LogP contribution >= 0.6 is 0 Å². The minimum Gasteiger partial charge on any atom is -0.340 e. The summed E-state index contributed by atoms with van der Waals surface area (Å²) in [6.45, 7) is 0.0590. The summed E-state index contributed by atoms with van der Waals surface area (Å²) in [6.07, 6.45) is 2.14. The molecule has 7 heavy (non-hydrogen) atoms. The van der Waals surface area contributed by atoms with Gasteiger partial charge in [0.05, 0.1) is 6.54 Å². The van der Waals surface area contributed by atoms with E-state index in [1.807, 2.05) is 0 Å². The molecular formula is C4H6NO2. The van der Waals surface area contributed by atoms with Crippen molar-refractivity contribution in [3.63, 3.8) is 0 Å². The van der Waals surface area contributed by atoms with Gasteiger partial charge in [0.2, 0.25) is 12.7 Å². The number of nitrogens with zero attached hydrogens (tertiary/aromatic N) is 1. The number of rotatable bonds is 3. The number of likely N-dealkylation sites (N-methyl/N-ethyl adjacent to an activating group) is 1. The Labute approximate surface area is 41.9 Å². The minimum atomic E-state index is 0.0590. The lowest BCUT2D eigenvalue weighted by atomic mass is 10.7. The van der Waals surface area contributed by atoms with Gasteiger partial charge in [-0.15, -0.1) is 0 Å². The Bertz CT molecular complexity index is 72.1. The van der Waals surface area contributed by atoms with Gasteiger partial charge in [-0.1, -0.05) is 0 Å². The Morgan fingerprint density at radius 2 is 2.43 bits per heavy atom. The molecule has 0 saturated heterocycles. The maximum atomic E-state index is 9.64. The molecule has 1 amide bonds. The third kappa shape index (κ3) is 2.96. The lowest BCUT2D eigenvalue weighted by molar-refractivity contribution is -0.116. The Hall–Kier alpha value is -0.860. The lowest BCUT2D eigenvalue weighted by Crippen LogP contribution is -2.17. The Morgan fingerprint density at radius 3 is 2.57 bits per heavy atom. The molecule has 0 heterocycles. The maximum Gasteiger partial charge on any atom is 0.219 e. The van der Waals surface area contributed by atoms with Crippen LogP contribution < -0.4 is 0 Å². The summed E-state index contributed by atoms with van der Waals surface area (Å²) in [4.78, 5) is 20.3. The van der Waals surface area contributed by atoms with Crippen LogP contribution in [0.25, 0.3) is 0 Å². The Morgan fingerprint density at radius 1 is 1.86 bits per heavy atom. The van der Waals surface area contributed by atoms with E-state index < -0.39 is 0 Å². The highest BCUT2D eigenvalue weighted by Gasteiger charge is 1.86. The summed E-state index contributed by atoms with van der Waals surface area (Å²) in [6, 6.07) is 0. The molecule has 0 aromatic carbocycles. The van der Waals surface area contributed by atoms with Crippen LogP contribution in [0.3, 0.4) is 0 Å². The van der Waals surface area contributed by atoms with E-state index in [4.69, 9.17) is 0 Å². The highest BCUT2D eigenvalue weighted by Crippen LogP contribution is 1.64. The molecule has 0 bridgehead atoms. The van der Waals surface area contributed by atoms with Gasteiger partial charge in [-0.05, 0) is 0 Å². The SMILES string of the molecule is CN(C=O)C[C]=O. The highest BCUT2D eigenvalue weighted by atomic mass is 16.1. The van der Waals surface area contributed by atoms with Gasteiger partial charge in [0.25, 0.3) is 0 Å². The van der Waals surface area contributed by atoms with Gasteiger partial charge >= 0.3 is 0 Å². The zero-order chi connectivity index (χ0) is 5.70. The van der Waals surface area contributed by atoms with Crippen molar-refractivity contribution in [1.29, 1.82) is 0 Å². The van der Waals surface area contributed by atoms with E-state index in [0.29, 0.717) is 6.41 Å². The monoisotopic (exact) mass is 100 g/mol. The topological polar surface area (TPSA) is 37.4 Å². The molecule has 0 aliphatic heterocycles. The summed E-state index contributed by atoms with van der Waals surface area (Å²) < 4.78 is 0. The molecule has 0 aromatic rings. The van der Waals surface area contributed by atoms with Crippen molar-refractivity contribution in [1.82, 2.24) is 4.90 Å². The summed E-state index contributed by atoms with van der Waals surface area (Å²) in [5, 5.41) is 0. The molecule has 0 aliphatic rings. The molecule has 3 nitrogen and oxygen atoms in total. The average molecular weight is 100 g/mol. The molecule has 1 radical (unpaired) electrons. The van der Waals surface area contributed by atoms with E-state index in [1.54, 1.807) is 6.29 Å². The smallest absolute Gasteiger partial charge is 0.219 e. The van der Waals surface area contributed by atoms with E-state index in [2.05, 4.69) is 0 Å². The van der Waals surface area contributed by atoms with Crippen molar-refractivity contribution in [3.8, 4) is 0 Å². The molecule has 3 heteroatoms. The van der Waals surface area contributed by atoms with Crippen LogP contribution in [0.1, 0.15) is 0 Å². The number of carbonyl (C=O) groups excluding carboxylic acids is 2. The van der Waals surface area contributed by atoms with Gasteiger partial charge in [-0.25, -0.2) is 0 Å². The first-order valence-electron chi connectivity index (χ1n) is 1.82. The molecular weight excluding hydrogens is 94.0 g/mol. The molecule has 0 fully saturated rings. The van der Waals surface area contributed by atoms with Crippen LogP contribution in [-0.4, -0.2) is 31.2 Å².